The molecule has 1 fully saturated rings. The van der Waals surface area contributed by atoms with Crippen LogP contribution in [0.15, 0.2) is 29.3 Å². The smallest absolute Gasteiger partial charge is 0.194 e. The summed E-state index contributed by atoms with van der Waals surface area (Å²) in [6, 6.07) is 6.80. The van der Waals surface area contributed by atoms with Gasteiger partial charge in [0, 0.05) is 39.8 Å². The summed E-state index contributed by atoms with van der Waals surface area (Å²) < 4.78 is 13.7. The molecule has 0 aromatic heterocycles. The molecule has 1 atom stereocenters. The lowest BCUT2D eigenvalue weighted by Gasteiger charge is -2.22. The summed E-state index contributed by atoms with van der Waals surface area (Å²) in [5.41, 5.74) is 0.617. The zero-order valence-corrected chi connectivity index (χ0v) is 16.7. The molecule has 0 saturated carbocycles. The molecule has 0 unspecified atom stereocenters. The predicted octanol–water partition coefficient (Wildman–Crippen LogP) is 2.30. The summed E-state index contributed by atoms with van der Waals surface area (Å²) >= 11 is 0. The number of likely N-dealkylation sites (tertiary alicyclic amines) is 1. The summed E-state index contributed by atoms with van der Waals surface area (Å²) in [5.74, 6) is 0.662. The van der Waals surface area contributed by atoms with Gasteiger partial charge in [-0.1, -0.05) is 12.1 Å². The quantitative estimate of drug-likeness (QED) is 0.302. The maximum Gasteiger partial charge on any atom is 0.194 e. The number of nitrogens with one attached hydrogen (secondary N) is 1. The normalized spacial score (nSPS) is 17.6. The Bertz CT molecular complexity index is 529. The van der Waals surface area contributed by atoms with Crippen LogP contribution in [0.5, 0.6) is 0 Å². The van der Waals surface area contributed by atoms with Gasteiger partial charge in [-0.2, -0.15) is 0 Å². The molecule has 7 heteroatoms. The first-order valence-electron chi connectivity index (χ1n) is 8.28. The predicted molar refractivity (Wildman–Crippen MR) is 108 cm³/mol. The number of aliphatic hydroxyl groups is 1. The van der Waals surface area contributed by atoms with E-state index in [1.165, 1.54) is 6.07 Å². The van der Waals surface area contributed by atoms with Crippen LogP contribution in [0.1, 0.15) is 19.8 Å². The van der Waals surface area contributed by atoms with Crippen LogP contribution in [0, 0.1) is 5.82 Å². The fraction of sp³-hybridized carbons (Fsp3) is 0.588. The average Bonchev–Trinajstić information content (AvgIpc) is 2.97. The minimum Gasteiger partial charge on any atom is -0.391 e. The van der Waals surface area contributed by atoms with Crippen LogP contribution in [-0.2, 0) is 0 Å². The summed E-state index contributed by atoms with van der Waals surface area (Å²) in [5, 5.41) is 12.9. The van der Waals surface area contributed by atoms with Crippen molar-refractivity contribution in [2.45, 2.75) is 25.9 Å². The molecule has 136 valence electrons. The molecule has 1 heterocycles. The van der Waals surface area contributed by atoms with Gasteiger partial charge in [-0.05, 0) is 31.9 Å². The topological polar surface area (TPSA) is 51.1 Å². The maximum absolute atomic E-state index is 13.7. The minimum absolute atomic E-state index is 0. The lowest BCUT2D eigenvalue weighted by molar-refractivity contribution is 0.188. The zero-order chi connectivity index (χ0) is 16.7. The van der Waals surface area contributed by atoms with Gasteiger partial charge in [0.2, 0.25) is 0 Å². The van der Waals surface area contributed by atoms with Gasteiger partial charge in [0.25, 0.3) is 0 Å². The number of benzene rings is 1. The van der Waals surface area contributed by atoms with Gasteiger partial charge in [-0.3, -0.25) is 4.99 Å². The second-order valence-corrected chi connectivity index (χ2v) is 5.85. The monoisotopic (exact) mass is 450 g/mol. The Kier molecular flexibility index (Phi) is 9.35. The van der Waals surface area contributed by atoms with Gasteiger partial charge in [0.05, 0.1) is 11.8 Å². The Morgan fingerprint density at radius 2 is 2.21 bits per heavy atom. The molecule has 0 radical (unpaired) electrons. The van der Waals surface area contributed by atoms with Gasteiger partial charge in [0.1, 0.15) is 5.82 Å². The van der Waals surface area contributed by atoms with Crippen LogP contribution in [-0.4, -0.2) is 61.8 Å². The van der Waals surface area contributed by atoms with Crippen molar-refractivity contribution in [1.29, 1.82) is 0 Å². The largest absolute Gasteiger partial charge is 0.391 e. The number of hydrogen-bond donors (Lipinski definition) is 2. The molecule has 0 spiro atoms. The number of guanidine groups is 1. The summed E-state index contributed by atoms with van der Waals surface area (Å²) in [4.78, 5) is 8.62. The number of aliphatic hydroxyl groups excluding tert-OH is 1. The molecule has 24 heavy (non-hydrogen) atoms. The van der Waals surface area contributed by atoms with Crippen molar-refractivity contribution >= 4 is 35.6 Å². The van der Waals surface area contributed by atoms with Gasteiger partial charge in [0.15, 0.2) is 5.96 Å². The number of hydrogen-bond acceptors (Lipinski definition) is 3. The van der Waals surface area contributed by atoms with E-state index in [0.29, 0.717) is 18.8 Å². The molecule has 2 N–H and O–H groups in total. The first kappa shape index (κ1) is 21.0. The van der Waals surface area contributed by atoms with Crippen molar-refractivity contribution in [3.05, 3.63) is 30.1 Å². The van der Waals surface area contributed by atoms with E-state index in [4.69, 9.17) is 0 Å². The minimum atomic E-state index is -0.258. The molecular formula is C17H28FIN4O. The third kappa shape index (κ3) is 6.08. The molecule has 2 rings (SSSR count). The van der Waals surface area contributed by atoms with Crippen LogP contribution in [0.2, 0.25) is 0 Å². The zero-order valence-electron chi connectivity index (χ0n) is 14.4. The number of para-hydroxylation sites is 1. The highest BCUT2D eigenvalue weighted by Crippen LogP contribution is 2.17. The summed E-state index contributed by atoms with van der Waals surface area (Å²) in [7, 11) is 1.89. The molecule has 0 aliphatic carbocycles. The van der Waals surface area contributed by atoms with Crippen molar-refractivity contribution in [2.24, 2.45) is 4.99 Å². The van der Waals surface area contributed by atoms with Crippen molar-refractivity contribution in [1.82, 2.24) is 10.2 Å². The van der Waals surface area contributed by atoms with E-state index in [1.807, 2.05) is 24.9 Å². The number of aliphatic imine (C=N–C) groups is 1. The number of rotatable bonds is 6. The highest BCUT2D eigenvalue weighted by Gasteiger charge is 2.22. The second-order valence-electron chi connectivity index (χ2n) is 5.85. The van der Waals surface area contributed by atoms with Gasteiger partial charge in [-0.25, -0.2) is 4.39 Å². The highest BCUT2D eigenvalue weighted by molar-refractivity contribution is 14.0. The van der Waals surface area contributed by atoms with E-state index in [9.17, 15) is 9.50 Å². The Morgan fingerprint density at radius 1 is 1.46 bits per heavy atom. The Hall–Kier alpha value is -1.09. The molecule has 0 bridgehead atoms. The number of halogens is 2. The lowest BCUT2D eigenvalue weighted by Crippen LogP contribution is -2.40. The van der Waals surface area contributed by atoms with Crippen LogP contribution < -0.4 is 10.2 Å². The third-order valence-electron chi connectivity index (χ3n) is 3.97. The van der Waals surface area contributed by atoms with E-state index in [1.54, 1.807) is 12.1 Å². The number of nitrogens with zero attached hydrogens (tertiary/aromatic N) is 3. The molecule has 1 aliphatic rings. The summed E-state index contributed by atoms with van der Waals surface area (Å²) in [6.07, 6.45) is 1.38. The number of anilines is 1. The fourth-order valence-corrected chi connectivity index (χ4v) is 2.73. The van der Waals surface area contributed by atoms with E-state index in [2.05, 4.69) is 15.2 Å². The van der Waals surface area contributed by atoms with Crippen LogP contribution >= 0.6 is 24.0 Å². The Balaban J connectivity index is 0.00000288. The van der Waals surface area contributed by atoms with E-state index < -0.39 is 0 Å². The molecule has 1 aromatic carbocycles. The van der Waals surface area contributed by atoms with Gasteiger partial charge >= 0.3 is 0 Å². The highest BCUT2D eigenvalue weighted by atomic mass is 127. The lowest BCUT2D eigenvalue weighted by atomic mass is 10.2. The number of β-amino-alcohol motifs (C(OH)–C–C–N with tert-alkyl or cyclic N) is 1. The first-order valence-corrected chi connectivity index (χ1v) is 8.28. The van der Waals surface area contributed by atoms with E-state index in [-0.39, 0.29) is 35.9 Å². The van der Waals surface area contributed by atoms with Crippen molar-refractivity contribution in [3.8, 4) is 0 Å². The summed E-state index contributed by atoms with van der Waals surface area (Å²) in [6.45, 7) is 5.73. The Labute approximate surface area is 161 Å². The fourth-order valence-electron chi connectivity index (χ4n) is 2.73. The maximum atomic E-state index is 13.7. The van der Waals surface area contributed by atoms with Crippen LogP contribution in [0.4, 0.5) is 10.1 Å². The van der Waals surface area contributed by atoms with E-state index >= 15 is 0 Å². The average molecular weight is 450 g/mol. The van der Waals surface area contributed by atoms with Crippen LogP contribution in [0.25, 0.3) is 0 Å². The third-order valence-corrected chi connectivity index (χ3v) is 3.97. The van der Waals surface area contributed by atoms with E-state index in [0.717, 1.165) is 38.4 Å². The first-order chi connectivity index (χ1) is 11.1. The molecule has 0 amide bonds. The molecule has 1 aromatic rings. The van der Waals surface area contributed by atoms with Crippen molar-refractivity contribution in [3.63, 3.8) is 0 Å². The van der Waals surface area contributed by atoms with Crippen LogP contribution in [0.3, 0.4) is 0 Å². The van der Waals surface area contributed by atoms with Gasteiger partial charge < -0.3 is 20.2 Å². The second kappa shape index (κ2) is 10.7. The standard InChI is InChI=1S/C17H27FN4O.HI/c1-3-19-17(22-12-9-14(23)13-22)20-10-6-11-21(2)16-8-5-4-7-15(16)18;/h4-5,7-8,14,23H,3,6,9-13H2,1-2H3,(H,19,20);1H/t14-;/m1./s1. The molecule has 1 saturated heterocycles. The molecular weight excluding hydrogens is 422 g/mol. The van der Waals surface area contributed by atoms with Crippen molar-refractivity contribution < 1.29 is 9.50 Å². The molecule has 1 aliphatic heterocycles. The SMILES string of the molecule is CCNC(=NCCCN(C)c1ccccc1F)N1CC[C@@H](O)C1.I. The van der Waals surface area contributed by atoms with Gasteiger partial charge in [-0.15, -0.1) is 24.0 Å². The molecule has 5 nitrogen and oxygen atoms in total. The van der Waals surface area contributed by atoms with Crippen molar-refractivity contribution in [2.75, 3.05) is 44.7 Å². The Morgan fingerprint density at radius 3 is 2.83 bits per heavy atom.